The van der Waals surface area contributed by atoms with E-state index in [2.05, 4.69) is 11.4 Å². The summed E-state index contributed by atoms with van der Waals surface area (Å²) in [5.74, 6) is 0. The van der Waals surface area contributed by atoms with Crippen molar-refractivity contribution in [3.63, 3.8) is 0 Å². The van der Waals surface area contributed by atoms with Crippen LogP contribution in [0.15, 0.2) is 24.3 Å². The van der Waals surface area contributed by atoms with Crippen LogP contribution in [0.3, 0.4) is 0 Å². The number of benzene rings is 1. The van der Waals surface area contributed by atoms with Gasteiger partial charge in [0.15, 0.2) is 0 Å². The van der Waals surface area contributed by atoms with Crippen LogP contribution in [0.2, 0.25) is 0 Å². The number of rotatable bonds is 5. The van der Waals surface area contributed by atoms with E-state index in [4.69, 9.17) is 10.4 Å². The van der Waals surface area contributed by atoms with Crippen molar-refractivity contribution in [1.82, 2.24) is 5.32 Å². The van der Waals surface area contributed by atoms with Crippen molar-refractivity contribution in [1.29, 1.82) is 5.26 Å². The average molecular weight is 204 g/mol. The first-order valence-corrected chi connectivity index (χ1v) is 5.13. The average Bonchev–Trinajstić information content (AvgIpc) is 2.31. The molecule has 0 fully saturated rings. The molecule has 0 spiro atoms. The van der Waals surface area contributed by atoms with E-state index in [-0.39, 0.29) is 12.6 Å². The minimum absolute atomic E-state index is 0.135. The molecule has 3 heteroatoms. The maximum absolute atomic E-state index is 8.99. The van der Waals surface area contributed by atoms with Crippen LogP contribution in [-0.2, 0) is 6.54 Å². The Morgan fingerprint density at radius 1 is 1.53 bits per heavy atom. The van der Waals surface area contributed by atoms with Crippen molar-refractivity contribution >= 4 is 0 Å². The van der Waals surface area contributed by atoms with Gasteiger partial charge < -0.3 is 10.4 Å². The standard InChI is InChI=1S/C12H16N2O/c1-2-12(9-15)14-8-11-5-3-4-10(6-11)7-13/h3-6,12,14-15H,2,8-9H2,1H3/t12-/m1/s1. The predicted molar refractivity (Wildman–Crippen MR) is 59.2 cm³/mol. The van der Waals surface area contributed by atoms with Crippen LogP contribution >= 0.6 is 0 Å². The van der Waals surface area contributed by atoms with E-state index in [1.54, 1.807) is 6.07 Å². The zero-order valence-corrected chi connectivity index (χ0v) is 8.90. The summed E-state index contributed by atoms with van der Waals surface area (Å²) in [6.07, 6.45) is 0.897. The molecule has 1 rings (SSSR count). The molecule has 0 aromatic heterocycles. The maximum atomic E-state index is 8.99. The number of nitrogens with zero attached hydrogens (tertiary/aromatic N) is 1. The van der Waals surface area contributed by atoms with Gasteiger partial charge in [0.25, 0.3) is 0 Å². The van der Waals surface area contributed by atoms with Gasteiger partial charge in [-0.25, -0.2) is 0 Å². The molecule has 0 unspecified atom stereocenters. The van der Waals surface area contributed by atoms with Crippen LogP contribution in [0, 0.1) is 11.3 Å². The summed E-state index contributed by atoms with van der Waals surface area (Å²) in [4.78, 5) is 0. The van der Waals surface area contributed by atoms with Gasteiger partial charge >= 0.3 is 0 Å². The van der Waals surface area contributed by atoms with E-state index in [9.17, 15) is 0 Å². The van der Waals surface area contributed by atoms with Crippen molar-refractivity contribution in [2.45, 2.75) is 25.9 Å². The number of hydrogen-bond donors (Lipinski definition) is 2. The third kappa shape index (κ3) is 3.70. The summed E-state index contributed by atoms with van der Waals surface area (Å²) in [6, 6.07) is 9.72. The summed E-state index contributed by atoms with van der Waals surface area (Å²) >= 11 is 0. The fourth-order valence-electron chi connectivity index (χ4n) is 1.35. The summed E-state index contributed by atoms with van der Waals surface area (Å²) in [5, 5.41) is 20.9. The van der Waals surface area contributed by atoms with E-state index >= 15 is 0 Å². The number of nitrogens with one attached hydrogen (secondary N) is 1. The van der Waals surface area contributed by atoms with Gasteiger partial charge in [0.05, 0.1) is 18.2 Å². The Kier molecular flexibility index (Phi) is 4.82. The Morgan fingerprint density at radius 3 is 2.93 bits per heavy atom. The van der Waals surface area contributed by atoms with Gasteiger partial charge in [-0.3, -0.25) is 0 Å². The van der Waals surface area contributed by atoms with Crippen molar-refractivity contribution in [2.24, 2.45) is 0 Å². The Labute approximate surface area is 90.4 Å². The van der Waals surface area contributed by atoms with Crippen molar-refractivity contribution in [3.8, 4) is 6.07 Å². The van der Waals surface area contributed by atoms with E-state index < -0.39 is 0 Å². The zero-order valence-electron chi connectivity index (χ0n) is 8.90. The third-order valence-corrected chi connectivity index (χ3v) is 2.36. The highest BCUT2D eigenvalue weighted by Gasteiger charge is 2.03. The lowest BCUT2D eigenvalue weighted by Crippen LogP contribution is -2.31. The molecule has 0 radical (unpaired) electrons. The first-order chi connectivity index (χ1) is 7.30. The SMILES string of the molecule is CC[C@H](CO)NCc1cccc(C#N)c1. The molecule has 80 valence electrons. The molecule has 0 saturated heterocycles. The molecular weight excluding hydrogens is 188 g/mol. The fraction of sp³-hybridized carbons (Fsp3) is 0.417. The Bertz CT molecular complexity index is 340. The zero-order chi connectivity index (χ0) is 11.1. The summed E-state index contributed by atoms with van der Waals surface area (Å²) in [6.45, 7) is 2.86. The topological polar surface area (TPSA) is 56.0 Å². The highest BCUT2D eigenvalue weighted by atomic mass is 16.3. The lowest BCUT2D eigenvalue weighted by atomic mass is 10.1. The molecule has 15 heavy (non-hydrogen) atoms. The Balaban J connectivity index is 2.54. The second-order valence-electron chi connectivity index (χ2n) is 3.48. The second-order valence-corrected chi connectivity index (χ2v) is 3.48. The van der Waals surface area contributed by atoms with Gasteiger partial charge in [-0.2, -0.15) is 5.26 Å². The van der Waals surface area contributed by atoms with Crippen LogP contribution in [0.1, 0.15) is 24.5 Å². The molecule has 0 aliphatic rings. The third-order valence-electron chi connectivity index (χ3n) is 2.36. The van der Waals surface area contributed by atoms with Gasteiger partial charge in [-0.05, 0) is 24.1 Å². The van der Waals surface area contributed by atoms with E-state index in [0.717, 1.165) is 12.0 Å². The molecule has 1 aromatic carbocycles. The largest absolute Gasteiger partial charge is 0.395 e. The van der Waals surface area contributed by atoms with Crippen molar-refractivity contribution in [3.05, 3.63) is 35.4 Å². The molecule has 1 aromatic rings. The van der Waals surface area contributed by atoms with Gasteiger partial charge in [-0.1, -0.05) is 19.1 Å². The van der Waals surface area contributed by atoms with E-state index in [0.29, 0.717) is 12.1 Å². The predicted octanol–water partition coefficient (Wildman–Crippen LogP) is 1.42. The number of hydrogen-bond acceptors (Lipinski definition) is 3. The monoisotopic (exact) mass is 204 g/mol. The molecule has 0 saturated carbocycles. The first kappa shape index (κ1) is 11.7. The first-order valence-electron chi connectivity index (χ1n) is 5.13. The van der Waals surface area contributed by atoms with Gasteiger partial charge in [0.1, 0.15) is 0 Å². The van der Waals surface area contributed by atoms with Crippen LogP contribution in [-0.4, -0.2) is 17.8 Å². The highest BCUT2D eigenvalue weighted by molar-refractivity contribution is 5.32. The van der Waals surface area contributed by atoms with Crippen LogP contribution in [0.4, 0.5) is 0 Å². The molecule has 0 amide bonds. The van der Waals surface area contributed by atoms with Gasteiger partial charge in [-0.15, -0.1) is 0 Å². The van der Waals surface area contributed by atoms with Crippen LogP contribution in [0.5, 0.6) is 0 Å². The van der Waals surface area contributed by atoms with Crippen molar-refractivity contribution < 1.29 is 5.11 Å². The fourth-order valence-corrected chi connectivity index (χ4v) is 1.35. The summed E-state index contributed by atoms with van der Waals surface area (Å²) < 4.78 is 0. The Hall–Kier alpha value is -1.37. The van der Waals surface area contributed by atoms with Crippen LogP contribution < -0.4 is 5.32 Å². The lowest BCUT2D eigenvalue weighted by Gasteiger charge is -2.13. The number of aliphatic hydroxyl groups is 1. The normalized spacial score (nSPS) is 12.1. The molecule has 0 aliphatic heterocycles. The highest BCUT2D eigenvalue weighted by Crippen LogP contribution is 2.04. The lowest BCUT2D eigenvalue weighted by molar-refractivity contribution is 0.238. The van der Waals surface area contributed by atoms with Gasteiger partial charge in [0, 0.05) is 12.6 Å². The second kappa shape index (κ2) is 6.18. The molecule has 0 aliphatic carbocycles. The molecule has 1 atom stereocenters. The minimum Gasteiger partial charge on any atom is -0.395 e. The minimum atomic E-state index is 0.135. The van der Waals surface area contributed by atoms with Crippen molar-refractivity contribution in [2.75, 3.05) is 6.61 Å². The van der Waals surface area contributed by atoms with Gasteiger partial charge in [0.2, 0.25) is 0 Å². The smallest absolute Gasteiger partial charge is 0.0991 e. The Morgan fingerprint density at radius 2 is 2.33 bits per heavy atom. The molecule has 0 heterocycles. The van der Waals surface area contributed by atoms with Crippen LogP contribution in [0.25, 0.3) is 0 Å². The maximum Gasteiger partial charge on any atom is 0.0991 e. The molecule has 2 N–H and O–H groups in total. The summed E-state index contributed by atoms with van der Waals surface area (Å²) in [7, 11) is 0. The molecule has 3 nitrogen and oxygen atoms in total. The van der Waals surface area contributed by atoms with E-state index in [1.807, 2.05) is 25.1 Å². The number of aliphatic hydroxyl groups excluding tert-OH is 1. The quantitative estimate of drug-likeness (QED) is 0.762. The van der Waals surface area contributed by atoms with E-state index in [1.165, 1.54) is 0 Å². The molecule has 0 bridgehead atoms. The summed E-state index contributed by atoms with van der Waals surface area (Å²) in [5.41, 5.74) is 1.74. The molecular formula is C12H16N2O. The number of nitriles is 1.